The van der Waals surface area contributed by atoms with Crippen LogP contribution in [0, 0.1) is 0 Å². The molecule has 1 aromatic carbocycles. The minimum Gasteiger partial charge on any atom is -0.383 e. The number of ether oxygens (including phenoxy) is 2. The second-order valence-electron chi connectivity index (χ2n) is 3.21. The SMILES string of the molecule is CCOCN(CCOC)c1ccccc1. The average molecular weight is 209 g/mol. The lowest BCUT2D eigenvalue weighted by molar-refractivity contribution is 0.137. The summed E-state index contributed by atoms with van der Waals surface area (Å²) in [5, 5.41) is 0. The summed E-state index contributed by atoms with van der Waals surface area (Å²) in [6, 6.07) is 10.2. The highest BCUT2D eigenvalue weighted by Gasteiger charge is 2.04. The van der Waals surface area contributed by atoms with E-state index < -0.39 is 0 Å². The van der Waals surface area contributed by atoms with Crippen LogP contribution in [0.25, 0.3) is 0 Å². The largest absolute Gasteiger partial charge is 0.383 e. The van der Waals surface area contributed by atoms with Gasteiger partial charge in [0.2, 0.25) is 0 Å². The van der Waals surface area contributed by atoms with E-state index in [1.54, 1.807) is 7.11 Å². The van der Waals surface area contributed by atoms with Gasteiger partial charge in [-0.1, -0.05) is 18.2 Å². The van der Waals surface area contributed by atoms with Crippen LogP contribution in [0.3, 0.4) is 0 Å². The van der Waals surface area contributed by atoms with Crippen molar-refractivity contribution in [1.29, 1.82) is 0 Å². The Kier molecular flexibility index (Phi) is 5.81. The zero-order valence-corrected chi connectivity index (χ0v) is 9.48. The third-order valence-electron chi connectivity index (χ3n) is 2.14. The number of nitrogens with zero attached hydrogens (tertiary/aromatic N) is 1. The Balaban J connectivity index is 2.55. The number of benzene rings is 1. The standard InChI is InChI=1S/C12H19NO2/c1-3-15-11-13(9-10-14-2)12-7-5-4-6-8-12/h4-8H,3,9-11H2,1-2H3. The second kappa shape index (κ2) is 7.26. The molecule has 0 saturated heterocycles. The van der Waals surface area contributed by atoms with Crippen molar-refractivity contribution in [1.82, 2.24) is 0 Å². The first-order valence-electron chi connectivity index (χ1n) is 5.25. The fourth-order valence-corrected chi connectivity index (χ4v) is 1.31. The van der Waals surface area contributed by atoms with Gasteiger partial charge in [0.15, 0.2) is 0 Å². The van der Waals surface area contributed by atoms with Crippen molar-refractivity contribution in [3.63, 3.8) is 0 Å². The molecule has 0 aromatic heterocycles. The average Bonchev–Trinajstić information content (AvgIpc) is 2.30. The molecule has 0 bridgehead atoms. The van der Waals surface area contributed by atoms with E-state index in [4.69, 9.17) is 9.47 Å². The van der Waals surface area contributed by atoms with Crippen LogP contribution in [0.15, 0.2) is 30.3 Å². The lowest BCUT2D eigenvalue weighted by Crippen LogP contribution is -2.29. The Morgan fingerprint density at radius 1 is 1.20 bits per heavy atom. The van der Waals surface area contributed by atoms with Crippen molar-refractivity contribution in [2.45, 2.75) is 6.92 Å². The molecule has 0 aliphatic heterocycles. The molecule has 1 rings (SSSR count). The van der Waals surface area contributed by atoms with Crippen molar-refractivity contribution in [2.24, 2.45) is 0 Å². The first kappa shape index (κ1) is 12.0. The quantitative estimate of drug-likeness (QED) is 0.642. The van der Waals surface area contributed by atoms with Crippen LogP contribution in [0.2, 0.25) is 0 Å². The highest BCUT2D eigenvalue weighted by atomic mass is 16.5. The first-order valence-corrected chi connectivity index (χ1v) is 5.25. The van der Waals surface area contributed by atoms with Crippen LogP contribution in [0.4, 0.5) is 5.69 Å². The van der Waals surface area contributed by atoms with Gasteiger partial charge >= 0.3 is 0 Å². The molecular weight excluding hydrogens is 190 g/mol. The predicted octanol–water partition coefficient (Wildman–Crippen LogP) is 2.13. The van der Waals surface area contributed by atoms with Crippen LogP contribution < -0.4 is 4.90 Å². The fourth-order valence-electron chi connectivity index (χ4n) is 1.31. The number of hydrogen-bond acceptors (Lipinski definition) is 3. The summed E-state index contributed by atoms with van der Waals surface area (Å²) in [6.07, 6.45) is 0. The lowest BCUT2D eigenvalue weighted by atomic mass is 10.3. The van der Waals surface area contributed by atoms with Gasteiger partial charge in [-0.05, 0) is 19.1 Å². The number of methoxy groups -OCH3 is 1. The van der Waals surface area contributed by atoms with Gasteiger partial charge in [-0.15, -0.1) is 0 Å². The molecule has 0 spiro atoms. The molecule has 84 valence electrons. The molecule has 0 fully saturated rings. The first-order chi connectivity index (χ1) is 7.38. The summed E-state index contributed by atoms with van der Waals surface area (Å²) in [5.41, 5.74) is 1.17. The minimum atomic E-state index is 0.615. The van der Waals surface area contributed by atoms with Crippen LogP contribution in [-0.2, 0) is 9.47 Å². The van der Waals surface area contributed by atoms with Gasteiger partial charge in [0.1, 0.15) is 6.73 Å². The molecule has 0 aliphatic carbocycles. The fraction of sp³-hybridized carbons (Fsp3) is 0.500. The molecule has 15 heavy (non-hydrogen) atoms. The van der Waals surface area contributed by atoms with Crippen molar-refractivity contribution in [2.75, 3.05) is 38.5 Å². The molecule has 0 amide bonds. The second-order valence-corrected chi connectivity index (χ2v) is 3.21. The third kappa shape index (κ3) is 4.32. The maximum atomic E-state index is 5.42. The Morgan fingerprint density at radius 2 is 1.93 bits per heavy atom. The molecule has 0 heterocycles. The number of anilines is 1. The Morgan fingerprint density at radius 3 is 2.53 bits per heavy atom. The van der Waals surface area contributed by atoms with E-state index in [1.807, 2.05) is 25.1 Å². The van der Waals surface area contributed by atoms with Gasteiger partial charge in [-0.2, -0.15) is 0 Å². The van der Waals surface area contributed by atoms with Crippen LogP contribution in [0.1, 0.15) is 6.92 Å². The van der Waals surface area contributed by atoms with E-state index in [2.05, 4.69) is 17.0 Å². The molecule has 1 aromatic rings. The highest BCUT2D eigenvalue weighted by molar-refractivity contribution is 5.45. The van der Waals surface area contributed by atoms with Gasteiger partial charge in [-0.3, -0.25) is 0 Å². The van der Waals surface area contributed by atoms with Gasteiger partial charge in [-0.25, -0.2) is 0 Å². The minimum absolute atomic E-state index is 0.615. The number of hydrogen-bond donors (Lipinski definition) is 0. The molecule has 0 radical (unpaired) electrons. The third-order valence-corrected chi connectivity index (χ3v) is 2.14. The molecule has 0 atom stereocenters. The molecule has 0 saturated carbocycles. The van der Waals surface area contributed by atoms with Crippen molar-refractivity contribution in [3.8, 4) is 0 Å². The van der Waals surface area contributed by atoms with E-state index in [0.29, 0.717) is 13.3 Å². The number of rotatable bonds is 7. The zero-order chi connectivity index (χ0) is 10.9. The van der Waals surface area contributed by atoms with E-state index in [-0.39, 0.29) is 0 Å². The van der Waals surface area contributed by atoms with Crippen LogP contribution >= 0.6 is 0 Å². The summed E-state index contributed by atoms with van der Waals surface area (Å²) in [5.74, 6) is 0. The van der Waals surface area contributed by atoms with Crippen LogP contribution in [-0.4, -0.2) is 33.6 Å². The molecule has 0 N–H and O–H groups in total. The topological polar surface area (TPSA) is 21.7 Å². The van der Waals surface area contributed by atoms with Gasteiger partial charge in [0.05, 0.1) is 6.61 Å². The molecule has 3 heteroatoms. The van der Waals surface area contributed by atoms with Gasteiger partial charge < -0.3 is 14.4 Å². The Labute approximate surface area is 91.6 Å². The summed E-state index contributed by atoms with van der Waals surface area (Å²) >= 11 is 0. The summed E-state index contributed by atoms with van der Waals surface area (Å²) in [6.45, 7) is 4.90. The van der Waals surface area contributed by atoms with E-state index >= 15 is 0 Å². The summed E-state index contributed by atoms with van der Waals surface area (Å²) in [4.78, 5) is 2.16. The lowest BCUT2D eigenvalue weighted by Gasteiger charge is -2.23. The van der Waals surface area contributed by atoms with Crippen LogP contribution in [0.5, 0.6) is 0 Å². The van der Waals surface area contributed by atoms with Gasteiger partial charge in [0.25, 0.3) is 0 Å². The Bertz CT molecular complexity index is 243. The maximum absolute atomic E-state index is 5.42. The predicted molar refractivity (Wildman–Crippen MR) is 62.2 cm³/mol. The number of para-hydroxylation sites is 1. The molecule has 0 unspecified atom stereocenters. The molecular formula is C12H19NO2. The summed E-state index contributed by atoms with van der Waals surface area (Å²) < 4.78 is 10.5. The smallest absolute Gasteiger partial charge is 0.118 e. The van der Waals surface area contributed by atoms with Gasteiger partial charge in [0, 0.05) is 25.9 Å². The molecule has 0 aliphatic rings. The highest BCUT2D eigenvalue weighted by Crippen LogP contribution is 2.12. The normalized spacial score (nSPS) is 10.3. The maximum Gasteiger partial charge on any atom is 0.118 e. The van der Waals surface area contributed by atoms with Crippen molar-refractivity contribution in [3.05, 3.63) is 30.3 Å². The monoisotopic (exact) mass is 209 g/mol. The van der Waals surface area contributed by atoms with Crippen molar-refractivity contribution >= 4 is 5.69 Å². The Hall–Kier alpha value is -1.06. The van der Waals surface area contributed by atoms with E-state index in [1.165, 1.54) is 5.69 Å². The molecule has 3 nitrogen and oxygen atoms in total. The zero-order valence-electron chi connectivity index (χ0n) is 9.48. The van der Waals surface area contributed by atoms with E-state index in [9.17, 15) is 0 Å². The van der Waals surface area contributed by atoms with Crippen molar-refractivity contribution < 1.29 is 9.47 Å². The summed E-state index contributed by atoms with van der Waals surface area (Å²) in [7, 11) is 1.71. The van der Waals surface area contributed by atoms with E-state index in [0.717, 1.165) is 13.2 Å².